The van der Waals surface area contributed by atoms with E-state index in [1.165, 1.54) is 57.0 Å². The highest BCUT2D eigenvalue weighted by Gasteiger charge is 2.13. The first kappa shape index (κ1) is 53.4. The molecule has 7 heteroatoms. The van der Waals surface area contributed by atoms with E-state index in [0.29, 0.717) is 21.6 Å². The fourth-order valence-corrected chi connectivity index (χ4v) is 11.1. The molecule has 0 fully saturated rings. The number of hydrogen-bond donors (Lipinski definition) is 0. The third kappa shape index (κ3) is 14.4. The van der Waals surface area contributed by atoms with Gasteiger partial charge in [0.1, 0.15) is 17.5 Å². The summed E-state index contributed by atoms with van der Waals surface area (Å²) in [5.74, 6) is -0.571. The Kier molecular flexibility index (Phi) is 20.0. The zero-order chi connectivity index (χ0) is 50.8. The van der Waals surface area contributed by atoms with Crippen molar-refractivity contribution in [3.63, 3.8) is 0 Å². The molecule has 0 amide bonds. The van der Waals surface area contributed by atoms with Crippen molar-refractivity contribution < 1.29 is 18.0 Å². The smallest absolute Gasteiger partial charge is 0.160 e. The summed E-state index contributed by atoms with van der Waals surface area (Å²) in [6, 6.07) is 53.0. The van der Waals surface area contributed by atoms with Gasteiger partial charge in [-0.3, -0.25) is 4.79 Å². The molecule has 368 valence electrons. The lowest BCUT2D eigenvalue weighted by atomic mass is 10.0. The van der Waals surface area contributed by atoms with E-state index >= 15 is 0 Å². The van der Waals surface area contributed by atoms with Gasteiger partial charge in [-0.1, -0.05) is 151 Å². The molecule has 0 aliphatic heterocycles. The van der Waals surface area contributed by atoms with Gasteiger partial charge in [0, 0.05) is 41.1 Å². The molecule has 0 unspecified atom stereocenters. The monoisotopic (exact) mass is 1010 g/mol. The Morgan fingerprint density at radius 1 is 0.403 bits per heavy atom. The molecule has 9 rings (SSSR count). The van der Waals surface area contributed by atoms with Crippen molar-refractivity contribution in [3.05, 3.63) is 219 Å². The van der Waals surface area contributed by atoms with Crippen molar-refractivity contribution in [3.8, 4) is 64.7 Å². The van der Waals surface area contributed by atoms with Gasteiger partial charge in [0.2, 0.25) is 0 Å². The van der Waals surface area contributed by atoms with Crippen LogP contribution in [0.3, 0.4) is 0 Å². The number of rotatable bonds is 17. The van der Waals surface area contributed by atoms with E-state index in [1.807, 2.05) is 48.5 Å². The Balaban J connectivity index is 0.000000159. The maximum atomic E-state index is 14.7. The Morgan fingerprint density at radius 3 is 1.17 bits per heavy atom. The summed E-state index contributed by atoms with van der Waals surface area (Å²) in [6.07, 6.45) is 15.1. The molecule has 0 saturated carbocycles. The minimum Gasteiger partial charge on any atom is -0.297 e. The van der Waals surface area contributed by atoms with Gasteiger partial charge < -0.3 is 0 Å². The standard InChI is InChI=1S/C23H25FS.C23H23FS.C19H15FOS/c2*1-3-5-6-7-20-13-15-23(25-20)21-14-12-19(16-22(21)24)18-10-8-17(4-2)9-11-18;1-2-13-3-5-14(6-4-13)15-7-9-17(18(20)11-15)19-10-8-16(12-21)22-19/h8-16H,3-7H2,1-2H3;6-16H,3-5H2,1-2H3;3-12H,2H2,1H3/b;7-6+;. The first-order chi connectivity index (χ1) is 35.1. The lowest BCUT2D eigenvalue weighted by Gasteiger charge is -2.06. The van der Waals surface area contributed by atoms with E-state index in [9.17, 15) is 18.0 Å². The Labute approximate surface area is 437 Å². The predicted molar refractivity (Wildman–Crippen MR) is 306 cm³/mol. The molecule has 72 heavy (non-hydrogen) atoms. The summed E-state index contributed by atoms with van der Waals surface area (Å²) < 4.78 is 43.8. The van der Waals surface area contributed by atoms with Crippen LogP contribution in [0.2, 0.25) is 0 Å². The fourth-order valence-electron chi connectivity index (χ4n) is 8.20. The maximum absolute atomic E-state index is 14.7. The quantitative estimate of drug-likeness (QED) is 0.0656. The number of aldehydes is 1. The zero-order valence-electron chi connectivity index (χ0n) is 42.0. The summed E-state index contributed by atoms with van der Waals surface area (Å²) in [5, 5.41) is 0. The summed E-state index contributed by atoms with van der Waals surface area (Å²) in [7, 11) is 0. The Morgan fingerprint density at radius 2 is 0.792 bits per heavy atom. The molecule has 9 aromatic rings. The Hall–Kier alpha value is -6.38. The molecule has 3 aromatic heterocycles. The first-order valence-corrected chi connectivity index (χ1v) is 27.7. The summed E-state index contributed by atoms with van der Waals surface area (Å²) in [4.78, 5) is 16.6. The van der Waals surface area contributed by atoms with Crippen LogP contribution in [0.4, 0.5) is 13.2 Å². The van der Waals surface area contributed by atoms with E-state index in [2.05, 4.69) is 126 Å². The largest absolute Gasteiger partial charge is 0.297 e. The van der Waals surface area contributed by atoms with Crippen LogP contribution in [0.1, 0.15) is 103 Å². The average Bonchev–Trinajstić information content (AvgIpc) is 4.22. The van der Waals surface area contributed by atoms with Gasteiger partial charge in [0.15, 0.2) is 6.29 Å². The second-order valence-corrected chi connectivity index (χ2v) is 21.1. The predicted octanol–water partition coefficient (Wildman–Crippen LogP) is 20.7. The van der Waals surface area contributed by atoms with E-state index in [-0.39, 0.29) is 17.5 Å². The summed E-state index contributed by atoms with van der Waals surface area (Å²) >= 11 is 4.65. The van der Waals surface area contributed by atoms with Gasteiger partial charge in [-0.2, -0.15) is 0 Å². The first-order valence-electron chi connectivity index (χ1n) is 25.2. The van der Waals surface area contributed by atoms with Crippen LogP contribution in [0.15, 0.2) is 170 Å². The molecule has 0 radical (unpaired) electrons. The number of halogens is 3. The highest BCUT2D eigenvalue weighted by molar-refractivity contribution is 7.17. The zero-order valence-corrected chi connectivity index (χ0v) is 44.4. The summed E-state index contributed by atoms with van der Waals surface area (Å²) in [5.41, 5.74) is 11.6. The fraction of sp³-hybridized carbons (Fsp3) is 0.215. The second-order valence-electron chi connectivity index (χ2n) is 17.7. The van der Waals surface area contributed by atoms with Crippen LogP contribution in [-0.4, -0.2) is 6.29 Å². The molecule has 1 nitrogen and oxygen atoms in total. The van der Waals surface area contributed by atoms with Crippen LogP contribution in [0.5, 0.6) is 0 Å². The van der Waals surface area contributed by atoms with Gasteiger partial charge in [-0.15, -0.1) is 34.0 Å². The number of benzene rings is 6. The third-order valence-electron chi connectivity index (χ3n) is 12.6. The van der Waals surface area contributed by atoms with Crippen molar-refractivity contribution in [1.29, 1.82) is 0 Å². The average molecular weight is 1010 g/mol. The summed E-state index contributed by atoms with van der Waals surface area (Å²) in [6.45, 7) is 10.8. The van der Waals surface area contributed by atoms with Gasteiger partial charge >= 0.3 is 0 Å². The second kappa shape index (κ2) is 26.9. The van der Waals surface area contributed by atoms with Crippen LogP contribution >= 0.6 is 34.0 Å². The van der Waals surface area contributed by atoms with Crippen molar-refractivity contribution in [2.75, 3.05) is 0 Å². The number of carbonyl (C=O) groups is 1. The highest BCUT2D eigenvalue weighted by atomic mass is 32.1. The SMILES string of the molecule is CCC/C=C/c1ccc(-c2ccc(-c3ccc(CC)cc3)cc2F)s1.CCCCCc1ccc(-c2ccc(-c3ccc(CC)cc3)cc2F)s1.CCc1ccc(-c2ccc(-c3ccc(C=O)s3)c(F)c2)cc1. The van der Waals surface area contributed by atoms with Gasteiger partial charge in [0.25, 0.3) is 0 Å². The molecule has 0 atom stereocenters. The third-order valence-corrected chi connectivity index (χ3v) is 15.9. The topological polar surface area (TPSA) is 17.1 Å². The van der Waals surface area contributed by atoms with Crippen LogP contribution in [0.25, 0.3) is 70.8 Å². The van der Waals surface area contributed by atoms with Crippen molar-refractivity contribution >= 4 is 46.4 Å². The minimum absolute atomic E-state index is 0.140. The normalized spacial score (nSPS) is 11.0. The van der Waals surface area contributed by atoms with E-state index in [0.717, 1.165) is 92.8 Å². The molecule has 0 spiro atoms. The van der Waals surface area contributed by atoms with Crippen LogP contribution in [-0.2, 0) is 25.7 Å². The molecule has 0 saturated heterocycles. The lowest BCUT2D eigenvalue weighted by Crippen LogP contribution is -1.86. The number of aryl methyl sites for hydroxylation is 4. The van der Waals surface area contributed by atoms with Gasteiger partial charge in [-0.25, -0.2) is 13.2 Å². The molecule has 0 aliphatic carbocycles. The van der Waals surface area contributed by atoms with E-state index in [4.69, 9.17) is 0 Å². The van der Waals surface area contributed by atoms with Crippen LogP contribution in [0, 0.1) is 17.5 Å². The van der Waals surface area contributed by atoms with Crippen molar-refractivity contribution in [2.45, 2.75) is 92.4 Å². The molecule has 0 N–H and O–H groups in total. The van der Waals surface area contributed by atoms with Gasteiger partial charge in [-0.05, 0) is 167 Å². The molecular weight excluding hydrogens is 950 g/mol. The highest BCUT2D eigenvalue weighted by Crippen LogP contribution is 2.36. The van der Waals surface area contributed by atoms with Gasteiger partial charge in [0.05, 0.1) is 4.88 Å². The van der Waals surface area contributed by atoms with Crippen molar-refractivity contribution in [2.24, 2.45) is 0 Å². The maximum Gasteiger partial charge on any atom is 0.160 e. The Bertz CT molecular complexity index is 3150. The van der Waals surface area contributed by atoms with Crippen LogP contribution < -0.4 is 0 Å². The van der Waals surface area contributed by atoms with E-state index in [1.54, 1.807) is 59.1 Å². The minimum atomic E-state index is -0.267. The number of unbranched alkanes of at least 4 members (excludes halogenated alkanes) is 3. The number of carbonyl (C=O) groups excluding carboxylic acids is 1. The lowest BCUT2D eigenvalue weighted by molar-refractivity contribution is 0.112. The number of thiophene rings is 3. The number of allylic oxidation sites excluding steroid dienone is 1. The van der Waals surface area contributed by atoms with E-state index < -0.39 is 0 Å². The molecule has 0 aliphatic rings. The molecule has 6 aromatic carbocycles. The molecule has 0 bridgehead atoms. The van der Waals surface area contributed by atoms with Crippen molar-refractivity contribution in [1.82, 2.24) is 0 Å². The molecule has 3 heterocycles. The molecular formula is C65H63F3OS3. The number of hydrogen-bond acceptors (Lipinski definition) is 4.